The fourth-order valence-electron chi connectivity index (χ4n) is 2.19. The molecular weight excluding hydrogens is 344 g/mol. The van der Waals surface area contributed by atoms with Crippen LogP contribution >= 0.6 is 15.9 Å². The third-order valence-electron chi connectivity index (χ3n) is 3.48. The lowest BCUT2D eigenvalue weighted by Crippen LogP contribution is -2.36. The summed E-state index contributed by atoms with van der Waals surface area (Å²) in [6, 6.07) is 11.7. The molecule has 0 saturated heterocycles. The van der Waals surface area contributed by atoms with Crippen LogP contribution in [0.15, 0.2) is 47.1 Å². The normalized spacial score (nSPS) is 12.0. The second kappa shape index (κ2) is 8.03. The lowest BCUT2D eigenvalue weighted by Gasteiger charge is -2.14. The number of carbonyl (C=O) groups is 1. The Morgan fingerprint density at radius 2 is 2.05 bits per heavy atom. The molecule has 0 radical (unpaired) electrons. The zero-order valence-electron chi connectivity index (χ0n) is 12.9. The summed E-state index contributed by atoms with van der Waals surface area (Å²) < 4.78 is 8.54. The number of hydrogen-bond acceptors (Lipinski definition) is 2. The van der Waals surface area contributed by atoms with E-state index >= 15 is 0 Å². The van der Waals surface area contributed by atoms with Gasteiger partial charge in [0.05, 0.1) is 0 Å². The summed E-state index contributed by atoms with van der Waals surface area (Å²) in [6.07, 6.45) is 3.88. The fraction of sp³-hybridized carbons (Fsp3) is 0.353. The van der Waals surface area contributed by atoms with E-state index in [0.29, 0.717) is 5.75 Å². The number of nitrogens with zero attached hydrogens (tertiary/aromatic N) is 1. The first-order chi connectivity index (χ1) is 10.5. The van der Waals surface area contributed by atoms with Gasteiger partial charge < -0.3 is 14.6 Å². The first kappa shape index (κ1) is 16.6. The van der Waals surface area contributed by atoms with Crippen molar-refractivity contribution in [2.45, 2.75) is 25.8 Å². The van der Waals surface area contributed by atoms with Crippen molar-refractivity contribution >= 4 is 21.8 Å². The molecule has 0 aliphatic rings. The number of ether oxygens (including phenoxy) is 1. The molecule has 4 nitrogen and oxygen atoms in total. The topological polar surface area (TPSA) is 43.3 Å². The van der Waals surface area contributed by atoms with Gasteiger partial charge in [0.15, 0.2) is 6.61 Å². The SMILES string of the molecule is C[C@H](CCc1cccn1C)NC(=O)COc1ccc(Br)cc1. The molecular formula is C17H21BrN2O2. The molecule has 1 aromatic carbocycles. The van der Waals surface area contributed by atoms with Crippen LogP contribution in [0.1, 0.15) is 19.0 Å². The van der Waals surface area contributed by atoms with E-state index < -0.39 is 0 Å². The Balaban J connectivity index is 1.69. The van der Waals surface area contributed by atoms with Crippen molar-refractivity contribution < 1.29 is 9.53 Å². The lowest BCUT2D eigenvalue weighted by molar-refractivity contribution is -0.123. The molecule has 118 valence electrons. The number of aryl methyl sites for hydroxylation is 2. The van der Waals surface area contributed by atoms with Crippen LogP contribution in [-0.2, 0) is 18.3 Å². The Morgan fingerprint density at radius 3 is 2.68 bits per heavy atom. The van der Waals surface area contributed by atoms with Gasteiger partial charge in [-0.2, -0.15) is 0 Å². The van der Waals surface area contributed by atoms with Crippen LogP contribution in [-0.4, -0.2) is 23.1 Å². The average Bonchev–Trinajstić information content (AvgIpc) is 2.90. The number of aromatic nitrogens is 1. The summed E-state index contributed by atoms with van der Waals surface area (Å²) in [5.74, 6) is 0.595. The Labute approximate surface area is 139 Å². The predicted molar refractivity (Wildman–Crippen MR) is 91.0 cm³/mol. The summed E-state index contributed by atoms with van der Waals surface area (Å²) in [6.45, 7) is 2.05. The van der Waals surface area contributed by atoms with Crippen LogP contribution in [0.3, 0.4) is 0 Å². The molecule has 0 fully saturated rings. The first-order valence-electron chi connectivity index (χ1n) is 7.32. The standard InChI is InChI=1S/C17H21BrN2O2/c1-13(5-8-15-4-3-11-20(15)2)19-17(21)12-22-16-9-6-14(18)7-10-16/h3-4,6-7,9-11,13H,5,8,12H2,1-2H3,(H,19,21)/t13-/m1/s1. The molecule has 1 aromatic heterocycles. The highest BCUT2D eigenvalue weighted by Gasteiger charge is 2.09. The van der Waals surface area contributed by atoms with Crippen molar-refractivity contribution in [3.05, 3.63) is 52.8 Å². The van der Waals surface area contributed by atoms with Crippen molar-refractivity contribution in [1.82, 2.24) is 9.88 Å². The highest BCUT2D eigenvalue weighted by atomic mass is 79.9. The molecule has 0 aliphatic carbocycles. The molecule has 0 aliphatic heterocycles. The van der Waals surface area contributed by atoms with Gasteiger partial charge in [-0.3, -0.25) is 4.79 Å². The maximum atomic E-state index is 11.9. The number of benzene rings is 1. The number of amides is 1. The zero-order chi connectivity index (χ0) is 15.9. The molecule has 1 N–H and O–H groups in total. The summed E-state index contributed by atoms with van der Waals surface area (Å²) in [5, 5.41) is 2.96. The van der Waals surface area contributed by atoms with E-state index in [1.165, 1.54) is 5.69 Å². The number of rotatable bonds is 7. The van der Waals surface area contributed by atoms with Gasteiger partial charge in [-0.25, -0.2) is 0 Å². The lowest BCUT2D eigenvalue weighted by atomic mass is 10.1. The summed E-state index contributed by atoms with van der Waals surface area (Å²) >= 11 is 3.36. The van der Waals surface area contributed by atoms with Crippen molar-refractivity contribution in [1.29, 1.82) is 0 Å². The van der Waals surface area contributed by atoms with Gasteiger partial charge in [0.25, 0.3) is 5.91 Å². The Kier molecular flexibility index (Phi) is 6.07. The summed E-state index contributed by atoms with van der Waals surface area (Å²) in [5.41, 5.74) is 1.27. The van der Waals surface area contributed by atoms with Crippen LogP contribution in [0.25, 0.3) is 0 Å². The van der Waals surface area contributed by atoms with Crippen molar-refractivity contribution in [3.63, 3.8) is 0 Å². The highest BCUT2D eigenvalue weighted by Crippen LogP contribution is 2.15. The average molecular weight is 365 g/mol. The molecule has 1 heterocycles. The van der Waals surface area contributed by atoms with Crippen molar-refractivity contribution in [3.8, 4) is 5.75 Å². The highest BCUT2D eigenvalue weighted by molar-refractivity contribution is 9.10. The second-order valence-electron chi connectivity index (χ2n) is 5.36. The minimum Gasteiger partial charge on any atom is -0.484 e. The first-order valence-corrected chi connectivity index (χ1v) is 8.12. The van der Waals surface area contributed by atoms with E-state index in [1.807, 2.05) is 50.5 Å². The summed E-state index contributed by atoms with van der Waals surface area (Å²) in [4.78, 5) is 11.9. The third kappa shape index (κ3) is 5.22. The minimum absolute atomic E-state index is 0.0378. The van der Waals surface area contributed by atoms with Crippen LogP contribution in [0.2, 0.25) is 0 Å². The fourth-order valence-corrected chi connectivity index (χ4v) is 2.45. The number of nitrogens with one attached hydrogen (secondary N) is 1. The van der Waals surface area contributed by atoms with E-state index in [9.17, 15) is 4.79 Å². The monoisotopic (exact) mass is 364 g/mol. The summed E-state index contributed by atoms with van der Waals surface area (Å²) in [7, 11) is 2.03. The van der Waals surface area contributed by atoms with Crippen molar-refractivity contribution in [2.24, 2.45) is 7.05 Å². The Morgan fingerprint density at radius 1 is 1.32 bits per heavy atom. The minimum atomic E-state index is -0.0951. The molecule has 0 unspecified atom stereocenters. The van der Waals surface area contributed by atoms with Crippen LogP contribution in [0.5, 0.6) is 5.75 Å². The van der Waals surface area contributed by atoms with Gasteiger partial charge in [0, 0.05) is 29.5 Å². The molecule has 0 bridgehead atoms. The van der Waals surface area contributed by atoms with Gasteiger partial charge in [-0.15, -0.1) is 0 Å². The molecule has 2 rings (SSSR count). The Bertz CT molecular complexity index is 607. The largest absolute Gasteiger partial charge is 0.484 e. The van der Waals surface area contributed by atoms with E-state index in [0.717, 1.165) is 17.3 Å². The molecule has 2 aromatic rings. The van der Waals surface area contributed by atoms with Gasteiger partial charge >= 0.3 is 0 Å². The molecule has 5 heteroatoms. The zero-order valence-corrected chi connectivity index (χ0v) is 14.5. The number of carbonyl (C=O) groups excluding carboxylic acids is 1. The van der Waals surface area contributed by atoms with Crippen LogP contribution < -0.4 is 10.1 Å². The Hall–Kier alpha value is -1.75. The molecule has 1 amide bonds. The molecule has 22 heavy (non-hydrogen) atoms. The third-order valence-corrected chi connectivity index (χ3v) is 4.00. The van der Waals surface area contributed by atoms with Crippen LogP contribution in [0.4, 0.5) is 0 Å². The smallest absolute Gasteiger partial charge is 0.258 e. The number of hydrogen-bond donors (Lipinski definition) is 1. The molecule has 1 atom stereocenters. The van der Waals surface area contributed by atoms with E-state index in [-0.39, 0.29) is 18.6 Å². The number of halogens is 1. The van der Waals surface area contributed by atoms with Gasteiger partial charge in [0.1, 0.15) is 5.75 Å². The molecule has 0 saturated carbocycles. The van der Waals surface area contributed by atoms with Gasteiger partial charge in [-0.1, -0.05) is 15.9 Å². The van der Waals surface area contributed by atoms with Gasteiger partial charge in [0.2, 0.25) is 0 Å². The van der Waals surface area contributed by atoms with Crippen molar-refractivity contribution in [2.75, 3.05) is 6.61 Å². The predicted octanol–water partition coefficient (Wildman–Crippen LogP) is 3.30. The van der Waals surface area contributed by atoms with E-state index in [1.54, 1.807) is 0 Å². The maximum Gasteiger partial charge on any atom is 0.258 e. The van der Waals surface area contributed by atoms with E-state index in [4.69, 9.17) is 4.74 Å². The van der Waals surface area contributed by atoms with Crippen LogP contribution in [0, 0.1) is 0 Å². The second-order valence-corrected chi connectivity index (χ2v) is 6.28. The molecule has 0 spiro atoms. The van der Waals surface area contributed by atoms with E-state index in [2.05, 4.69) is 31.9 Å². The quantitative estimate of drug-likeness (QED) is 0.818. The van der Waals surface area contributed by atoms with Gasteiger partial charge in [-0.05, 0) is 56.2 Å². The maximum absolute atomic E-state index is 11.9.